The Labute approximate surface area is 167 Å². The van der Waals surface area contributed by atoms with E-state index in [-0.39, 0.29) is 11.8 Å². The van der Waals surface area contributed by atoms with Crippen molar-refractivity contribution in [2.45, 2.75) is 32.5 Å². The van der Waals surface area contributed by atoms with Crippen molar-refractivity contribution in [2.75, 3.05) is 0 Å². The summed E-state index contributed by atoms with van der Waals surface area (Å²) in [5, 5.41) is 3.25. The molecule has 142 valence electrons. The maximum atomic E-state index is 13.5. The van der Waals surface area contributed by atoms with E-state index < -0.39 is 0 Å². The van der Waals surface area contributed by atoms with Gasteiger partial charge in [0.2, 0.25) is 5.91 Å². The number of rotatable bonds is 5. The van der Waals surface area contributed by atoms with E-state index in [1.54, 1.807) is 11.3 Å². The topological polar surface area (TPSA) is 53.9 Å². The molecule has 4 heterocycles. The number of thiophene rings is 1. The summed E-state index contributed by atoms with van der Waals surface area (Å²) in [5.74, 6) is 1.26. The predicted octanol–water partition coefficient (Wildman–Crippen LogP) is 4.22. The molecule has 1 aliphatic heterocycles. The number of carbonyl (C=O) groups excluding carboxylic acids is 1. The van der Waals surface area contributed by atoms with Crippen molar-refractivity contribution in [1.29, 1.82) is 0 Å². The minimum Gasteiger partial charge on any atom is -0.361 e. The second kappa shape index (κ2) is 7.28. The van der Waals surface area contributed by atoms with Gasteiger partial charge < -0.3 is 14.5 Å². The Morgan fingerprint density at radius 2 is 2.25 bits per heavy atom. The van der Waals surface area contributed by atoms with Gasteiger partial charge in [0.15, 0.2) is 0 Å². The highest BCUT2D eigenvalue weighted by Gasteiger charge is 2.29. The summed E-state index contributed by atoms with van der Waals surface area (Å²) in [6.45, 7) is 2.16. The van der Waals surface area contributed by atoms with Crippen LogP contribution in [0.25, 0.3) is 10.9 Å². The van der Waals surface area contributed by atoms with E-state index in [0.29, 0.717) is 13.1 Å². The number of nitrogens with zero attached hydrogens (tertiary/aromatic N) is 3. The van der Waals surface area contributed by atoms with Gasteiger partial charge in [0.05, 0.1) is 6.54 Å². The largest absolute Gasteiger partial charge is 0.361 e. The average molecular weight is 391 g/mol. The van der Waals surface area contributed by atoms with E-state index in [4.69, 9.17) is 0 Å². The molecule has 0 aliphatic carbocycles. The van der Waals surface area contributed by atoms with Gasteiger partial charge in [-0.15, -0.1) is 11.3 Å². The number of amides is 1. The van der Waals surface area contributed by atoms with Crippen molar-refractivity contribution in [3.8, 4) is 0 Å². The maximum absolute atomic E-state index is 13.5. The van der Waals surface area contributed by atoms with Gasteiger partial charge in [-0.25, -0.2) is 4.98 Å². The number of aromatic nitrogens is 3. The van der Waals surface area contributed by atoms with Crippen molar-refractivity contribution in [2.24, 2.45) is 5.92 Å². The third-order valence-corrected chi connectivity index (χ3v) is 6.39. The van der Waals surface area contributed by atoms with Gasteiger partial charge in [0.25, 0.3) is 0 Å². The lowest BCUT2D eigenvalue weighted by Crippen LogP contribution is -2.38. The summed E-state index contributed by atoms with van der Waals surface area (Å²) in [6, 6.07) is 12.6. The highest BCUT2D eigenvalue weighted by molar-refractivity contribution is 7.09. The van der Waals surface area contributed by atoms with E-state index in [2.05, 4.69) is 50.2 Å². The number of benzene rings is 1. The molecule has 5 rings (SSSR count). The molecule has 1 aliphatic rings. The van der Waals surface area contributed by atoms with Crippen LogP contribution < -0.4 is 0 Å². The lowest BCUT2D eigenvalue weighted by molar-refractivity contribution is -0.137. The fourth-order valence-corrected chi connectivity index (χ4v) is 4.76. The van der Waals surface area contributed by atoms with Gasteiger partial charge in [-0.05, 0) is 47.0 Å². The number of hydrogen-bond acceptors (Lipinski definition) is 3. The lowest BCUT2D eigenvalue weighted by atomic mass is 9.95. The molecule has 1 atom stereocenters. The van der Waals surface area contributed by atoms with Crippen LogP contribution in [0.3, 0.4) is 0 Å². The summed E-state index contributed by atoms with van der Waals surface area (Å²) in [7, 11) is 0. The number of H-pyrrole nitrogens is 1. The van der Waals surface area contributed by atoms with Crippen molar-refractivity contribution in [3.63, 3.8) is 0 Å². The number of hydrogen-bond donors (Lipinski definition) is 1. The Balaban J connectivity index is 1.39. The number of imidazole rings is 1. The van der Waals surface area contributed by atoms with E-state index in [9.17, 15) is 4.79 Å². The molecule has 6 heteroatoms. The lowest BCUT2D eigenvalue weighted by Gasteiger charge is -2.29. The van der Waals surface area contributed by atoms with Crippen LogP contribution in [0, 0.1) is 5.92 Å². The number of nitrogens with one attached hydrogen (secondary N) is 1. The Morgan fingerprint density at radius 1 is 1.29 bits per heavy atom. The molecule has 0 spiro atoms. The zero-order chi connectivity index (χ0) is 18.9. The Hall–Kier alpha value is -2.86. The van der Waals surface area contributed by atoms with Crippen molar-refractivity contribution in [3.05, 3.63) is 76.6 Å². The van der Waals surface area contributed by atoms with E-state index >= 15 is 0 Å². The van der Waals surface area contributed by atoms with Crippen LogP contribution in [0.2, 0.25) is 0 Å². The van der Waals surface area contributed by atoms with Crippen molar-refractivity contribution < 1.29 is 4.79 Å². The van der Waals surface area contributed by atoms with Gasteiger partial charge in [-0.3, -0.25) is 4.79 Å². The van der Waals surface area contributed by atoms with Crippen molar-refractivity contribution in [1.82, 2.24) is 19.4 Å². The van der Waals surface area contributed by atoms with Crippen LogP contribution in [0.1, 0.15) is 22.7 Å². The Morgan fingerprint density at radius 3 is 3.14 bits per heavy atom. The molecule has 4 aromatic rings. The summed E-state index contributed by atoms with van der Waals surface area (Å²) in [6.07, 6.45) is 7.39. The van der Waals surface area contributed by atoms with Crippen LogP contribution in [0.5, 0.6) is 0 Å². The molecule has 0 bridgehead atoms. The second-order valence-electron chi connectivity index (χ2n) is 7.40. The fraction of sp³-hybridized carbons (Fsp3) is 0.273. The fourth-order valence-electron chi connectivity index (χ4n) is 4.04. The molecule has 0 radical (unpaired) electrons. The minimum atomic E-state index is 0.00542. The molecule has 0 saturated carbocycles. The number of fused-ring (bicyclic) bond motifs is 2. The Bertz CT molecular complexity index is 1090. The molecule has 1 unspecified atom stereocenters. The number of carbonyl (C=O) groups is 1. The first kappa shape index (κ1) is 17.3. The Kier molecular flexibility index (Phi) is 4.49. The van der Waals surface area contributed by atoms with Crippen LogP contribution in [0.15, 0.2) is 60.4 Å². The normalized spacial score (nSPS) is 16.2. The molecule has 5 nitrogen and oxygen atoms in total. The van der Waals surface area contributed by atoms with Crippen LogP contribution in [0.4, 0.5) is 0 Å². The number of aryl methyl sites for hydroxylation is 1. The van der Waals surface area contributed by atoms with Gasteiger partial charge >= 0.3 is 0 Å². The summed E-state index contributed by atoms with van der Waals surface area (Å²) in [5.41, 5.74) is 2.29. The third-order valence-electron chi connectivity index (χ3n) is 5.53. The average Bonchev–Trinajstić information content (AvgIpc) is 3.47. The smallest absolute Gasteiger partial charge is 0.226 e. The second-order valence-corrected chi connectivity index (χ2v) is 8.43. The first-order chi connectivity index (χ1) is 13.8. The van der Waals surface area contributed by atoms with Crippen molar-refractivity contribution >= 4 is 28.1 Å². The van der Waals surface area contributed by atoms with Crippen LogP contribution in [-0.4, -0.2) is 25.3 Å². The maximum Gasteiger partial charge on any atom is 0.226 e. The minimum absolute atomic E-state index is 0.00542. The van der Waals surface area contributed by atoms with Gasteiger partial charge in [-0.2, -0.15) is 0 Å². The highest BCUT2D eigenvalue weighted by atomic mass is 32.1. The third kappa shape index (κ3) is 3.36. The van der Waals surface area contributed by atoms with E-state index in [1.165, 1.54) is 10.3 Å². The van der Waals surface area contributed by atoms with Gasteiger partial charge in [0.1, 0.15) is 5.82 Å². The van der Waals surface area contributed by atoms with Crippen LogP contribution >= 0.6 is 11.3 Å². The number of aromatic amines is 1. The monoisotopic (exact) mass is 390 g/mol. The highest BCUT2D eigenvalue weighted by Crippen LogP contribution is 2.25. The predicted molar refractivity (Wildman–Crippen MR) is 111 cm³/mol. The molecular formula is C22H22N4OS. The molecule has 1 amide bonds. The zero-order valence-electron chi connectivity index (χ0n) is 15.5. The van der Waals surface area contributed by atoms with Gasteiger partial charge in [-0.1, -0.05) is 12.1 Å². The van der Waals surface area contributed by atoms with E-state index in [0.717, 1.165) is 36.3 Å². The summed E-state index contributed by atoms with van der Waals surface area (Å²) < 4.78 is 2.16. The molecule has 0 fully saturated rings. The molecule has 28 heavy (non-hydrogen) atoms. The zero-order valence-corrected chi connectivity index (χ0v) is 16.4. The molecule has 1 N–H and O–H groups in total. The quantitative estimate of drug-likeness (QED) is 0.555. The molecular weight excluding hydrogens is 368 g/mol. The van der Waals surface area contributed by atoms with Gasteiger partial charge in [0, 0.05) is 54.4 Å². The SMILES string of the molecule is O=C(C1CCn2ccnc2C1)N(Cc1ccc2[nH]ccc2c1)Cc1cccs1. The first-order valence-corrected chi connectivity index (χ1v) is 10.5. The summed E-state index contributed by atoms with van der Waals surface area (Å²) in [4.78, 5) is 24.4. The molecule has 1 aromatic carbocycles. The molecule has 3 aromatic heterocycles. The van der Waals surface area contributed by atoms with Crippen LogP contribution in [-0.2, 0) is 30.8 Å². The standard InChI is InChI=1S/C22H22N4OS/c27-22(18-6-9-25-10-8-24-21(25)13-18)26(15-19-2-1-11-28-19)14-16-3-4-20-17(12-16)5-7-23-20/h1-5,7-8,10-12,18,23H,6,9,13-15H2. The molecule has 0 saturated heterocycles. The first-order valence-electron chi connectivity index (χ1n) is 9.63. The summed E-state index contributed by atoms with van der Waals surface area (Å²) >= 11 is 1.70. The van der Waals surface area contributed by atoms with E-state index in [1.807, 2.05) is 29.6 Å².